The second kappa shape index (κ2) is 4.81. The van der Waals surface area contributed by atoms with Gasteiger partial charge in [-0.05, 0) is 43.2 Å². The van der Waals surface area contributed by atoms with Gasteiger partial charge in [0.1, 0.15) is 11.6 Å². The van der Waals surface area contributed by atoms with E-state index in [-0.39, 0.29) is 5.82 Å². The van der Waals surface area contributed by atoms with Crippen LogP contribution in [0.15, 0.2) is 18.3 Å². The van der Waals surface area contributed by atoms with Crippen LogP contribution in [-0.2, 0) is 0 Å². The molecule has 1 N–H and O–H groups in total. The lowest BCUT2D eigenvalue weighted by Crippen LogP contribution is -2.30. The van der Waals surface area contributed by atoms with Crippen LogP contribution in [0.5, 0.6) is 0 Å². The molecule has 2 nitrogen and oxygen atoms in total. The van der Waals surface area contributed by atoms with E-state index in [0.29, 0.717) is 6.04 Å². The summed E-state index contributed by atoms with van der Waals surface area (Å²) in [6.07, 6.45) is 4.94. The Morgan fingerprint density at radius 2 is 1.88 bits per heavy atom. The Morgan fingerprint density at radius 3 is 2.44 bits per heavy atom. The highest BCUT2D eigenvalue weighted by molar-refractivity contribution is 5.34. The van der Waals surface area contributed by atoms with Crippen LogP contribution in [0.2, 0.25) is 0 Å². The first-order valence-corrected chi connectivity index (χ1v) is 6.01. The van der Waals surface area contributed by atoms with Gasteiger partial charge in [0.05, 0.1) is 6.20 Å². The molecule has 0 aromatic carbocycles. The van der Waals surface area contributed by atoms with Crippen molar-refractivity contribution in [3.63, 3.8) is 0 Å². The van der Waals surface area contributed by atoms with Crippen molar-refractivity contribution >= 4 is 5.82 Å². The van der Waals surface area contributed by atoms with E-state index >= 15 is 0 Å². The second-order valence-corrected chi connectivity index (χ2v) is 5.12. The molecule has 0 amide bonds. The molecule has 0 radical (unpaired) electrons. The first kappa shape index (κ1) is 11.4. The van der Waals surface area contributed by atoms with Gasteiger partial charge in [-0.3, -0.25) is 0 Å². The summed E-state index contributed by atoms with van der Waals surface area (Å²) in [5.41, 5.74) is 0. The van der Waals surface area contributed by atoms with Crippen LogP contribution >= 0.6 is 0 Å². The van der Waals surface area contributed by atoms with E-state index in [1.165, 1.54) is 31.5 Å². The van der Waals surface area contributed by atoms with E-state index in [0.717, 1.165) is 17.7 Å². The predicted molar refractivity (Wildman–Crippen MR) is 63.8 cm³/mol. The molecule has 1 aliphatic rings. The van der Waals surface area contributed by atoms with E-state index in [2.05, 4.69) is 24.1 Å². The van der Waals surface area contributed by atoms with E-state index in [1.807, 2.05) is 0 Å². The normalized spacial score (nSPS) is 30.1. The fraction of sp³-hybridized carbons (Fsp3) is 0.615. The van der Waals surface area contributed by atoms with Crippen molar-refractivity contribution in [2.45, 2.75) is 39.2 Å². The van der Waals surface area contributed by atoms with Crippen LogP contribution in [0.4, 0.5) is 10.2 Å². The standard InChI is InChI=1S/C13H19FN2/c1-9-5-10(2)7-12(6-9)16-13-4-3-11(14)8-15-13/h3-4,8-10,12H,5-7H2,1-2H3,(H,15,16). The molecule has 0 bridgehead atoms. The molecule has 1 aromatic heterocycles. The zero-order valence-corrected chi connectivity index (χ0v) is 9.91. The number of hydrogen-bond acceptors (Lipinski definition) is 2. The SMILES string of the molecule is CC1CC(C)CC(Nc2ccc(F)cn2)C1. The molecule has 1 heterocycles. The Morgan fingerprint density at radius 1 is 1.19 bits per heavy atom. The van der Waals surface area contributed by atoms with Gasteiger partial charge in [0.2, 0.25) is 0 Å². The first-order valence-electron chi connectivity index (χ1n) is 6.01. The predicted octanol–water partition coefficient (Wildman–Crippen LogP) is 3.46. The van der Waals surface area contributed by atoms with Crippen molar-refractivity contribution in [3.05, 3.63) is 24.1 Å². The van der Waals surface area contributed by atoms with E-state index in [1.54, 1.807) is 6.07 Å². The molecule has 2 rings (SSSR count). The van der Waals surface area contributed by atoms with Crippen molar-refractivity contribution in [1.29, 1.82) is 0 Å². The molecular formula is C13H19FN2. The summed E-state index contributed by atoms with van der Waals surface area (Å²) in [6, 6.07) is 3.64. The molecule has 1 fully saturated rings. The Hall–Kier alpha value is -1.12. The van der Waals surface area contributed by atoms with Gasteiger partial charge < -0.3 is 5.32 Å². The largest absolute Gasteiger partial charge is 0.367 e. The fourth-order valence-electron chi connectivity index (χ4n) is 2.74. The van der Waals surface area contributed by atoms with Gasteiger partial charge in [0.25, 0.3) is 0 Å². The summed E-state index contributed by atoms with van der Waals surface area (Å²) in [6.45, 7) is 4.59. The van der Waals surface area contributed by atoms with Crippen LogP contribution in [-0.4, -0.2) is 11.0 Å². The van der Waals surface area contributed by atoms with Crippen molar-refractivity contribution < 1.29 is 4.39 Å². The molecule has 0 aliphatic heterocycles. The van der Waals surface area contributed by atoms with E-state index in [4.69, 9.17) is 0 Å². The monoisotopic (exact) mass is 222 g/mol. The zero-order valence-electron chi connectivity index (χ0n) is 9.91. The Bertz CT molecular complexity index is 326. The Labute approximate surface area is 96.3 Å². The third-order valence-electron chi connectivity index (χ3n) is 3.26. The van der Waals surface area contributed by atoms with Gasteiger partial charge in [-0.1, -0.05) is 13.8 Å². The maximum Gasteiger partial charge on any atom is 0.141 e. The first-order chi connectivity index (χ1) is 7.63. The molecule has 1 aromatic rings. The van der Waals surface area contributed by atoms with Gasteiger partial charge in [-0.25, -0.2) is 9.37 Å². The maximum absolute atomic E-state index is 12.7. The molecule has 2 atom stereocenters. The summed E-state index contributed by atoms with van der Waals surface area (Å²) >= 11 is 0. The number of nitrogens with one attached hydrogen (secondary N) is 1. The minimum atomic E-state index is -0.282. The number of anilines is 1. The maximum atomic E-state index is 12.7. The Balaban J connectivity index is 1.96. The van der Waals surface area contributed by atoms with Crippen LogP contribution in [0.3, 0.4) is 0 Å². The summed E-state index contributed by atoms with van der Waals surface area (Å²) in [4.78, 5) is 4.04. The van der Waals surface area contributed by atoms with E-state index < -0.39 is 0 Å². The third kappa shape index (κ3) is 2.94. The summed E-state index contributed by atoms with van der Waals surface area (Å²) in [5.74, 6) is 2.03. The molecule has 2 unspecified atom stereocenters. The molecule has 0 saturated heterocycles. The molecular weight excluding hydrogens is 203 g/mol. The minimum Gasteiger partial charge on any atom is -0.367 e. The number of halogens is 1. The van der Waals surface area contributed by atoms with Crippen LogP contribution in [0.25, 0.3) is 0 Å². The average molecular weight is 222 g/mol. The summed E-state index contributed by atoms with van der Waals surface area (Å²) in [7, 11) is 0. The lowest BCUT2D eigenvalue weighted by atomic mass is 9.80. The molecule has 16 heavy (non-hydrogen) atoms. The summed E-state index contributed by atoms with van der Waals surface area (Å²) in [5, 5.41) is 3.39. The third-order valence-corrected chi connectivity index (χ3v) is 3.26. The number of hydrogen-bond donors (Lipinski definition) is 1. The van der Waals surface area contributed by atoms with Crippen LogP contribution < -0.4 is 5.32 Å². The lowest BCUT2D eigenvalue weighted by molar-refractivity contribution is 0.280. The molecule has 1 saturated carbocycles. The molecule has 88 valence electrons. The number of rotatable bonds is 2. The highest BCUT2D eigenvalue weighted by Crippen LogP contribution is 2.30. The Kier molecular flexibility index (Phi) is 3.42. The second-order valence-electron chi connectivity index (χ2n) is 5.12. The van der Waals surface area contributed by atoms with Gasteiger partial charge in [-0.2, -0.15) is 0 Å². The van der Waals surface area contributed by atoms with Gasteiger partial charge in [-0.15, -0.1) is 0 Å². The number of nitrogens with zero attached hydrogens (tertiary/aromatic N) is 1. The zero-order chi connectivity index (χ0) is 11.5. The molecule has 0 spiro atoms. The number of pyridine rings is 1. The molecule has 1 aliphatic carbocycles. The topological polar surface area (TPSA) is 24.9 Å². The highest BCUT2D eigenvalue weighted by Gasteiger charge is 2.23. The fourth-order valence-corrected chi connectivity index (χ4v) is 2.74. The van der Waals surface area contributed by atoms with Crippen molar-refractivity contribution in [3.8, 4) is 0 Å². The number of aromatic nitrogens is 1. The van der Waals surface area contributed by atoms with E-state index in [9.17, 15) is 4.39 Å². The van der Waals surface area contributed by atoms with Crippen molar-refractivity contribution in [2.24, 2.45) is 11.8 Å². The molecule has 3 heteroatoms. The van der Waals surface area contributed by atoms with Crippen molar-refractivity contribution in [2.75, 3.05) is 5.32 Å². The van der Waals surface area contributed by atoms with Gasteiger partial charge >= 0.3 is 0 Å². The van der Waals surface area contributed by atoms with Crippen LogP contribution in [0.1, 0.15) is 33.1 Å². The minimum absolute atomic E-state index is 0.282. The average Bonchev–Trinajstić information content (AvgIpc) is 2.20. The van der Waals surface area contributed by atoms with Crippen molar-refractivity contribution in [1.82, 2.24) is 4.98 Å². The van der Waals surface area contributed by atoms with Gasteiger partial charge in [0, 0.05) is 6.04 Å². The van der Waals surface area contributed by atoms with Crippen LogP contribution in [0, 0.1) is 17.7 Å². The smallest absolute Gasteiger partial charge is 0.141 e. The quantitative estimate of drug-likeness (QED) is 0.829. The highest BCUT2D eigenvalue weighted by atomic mass is 19.1. The summed E-state index contributed by atoms with van der Waals surface area (Å²) < 4.78 is 12.7. The lowest BCUT2D eigenvalue weighted by Gasteiger charge is -2.32. The van der Waals surface area contributed by atoms with Gasteiger partial charge in [0.15, 0.2) is 0 Å².